The Kier molecular flexibility index (Phi) is 3.80. The molecule has 0 aliphatic heterocycles. The fourth-order valence-corrected chi connectivity index (χ4v) is 1.50. The summed E-state index contributed by atoms with van der Waals surface area (Å²) in [7, 11) is 0. The Morgan fingerprint density at radius 1 is 1.47 bits per heavy atom. The number of carboxylic acid groups (broad SMARTS) is 1. The zero-order valence-corrected chi connectivity index (χ0v) is 9.77. The summed E-state index contributed by atoms with van der Waals surface area (Å²) < 4.78 is 1.13. The van der Waals surface area contributed by atoms with Crippen LogP contribution in [0, 0.1) is 0 Å². The normalized spacial score (nSPS) is 9.94. The minimum atomic E-state index is -1.17. The van der Waals surface area contributed by atoms with Crippen molar-refractivity contribution in [3.63, 3.8) is 0 Å². The van der Waals surface area contributed by atoms with Gasteiger partial charge in [0.15, 0.2) is 5.69 Å². The van der Waals surface area contributed by atoms with Crippen molar-refractivity contribution in [1.82, 2.24) is 14.8 Å². The second-order valence-electron chi connectivity index (χ2n) is 3.20. The first-order chi connectivity index (χ1) is 7.65. The van der Waals surface area contributed by atoms with Gasteiger partial charge in [-0.2, -0.15) is 5.10 Å². The molecule has 6 nitrogen and oxygen atoms in total. The molecule has 0 saturated carbocycles. The first kappa shape index (κ1) is 13.1. The summed E-state index contributed by atoms with van der Waals surface area (Å²) in [6, 6.07) is 1.50. The largest absolute Gasteiger partial charge is 0.476 e. The molecule has 0 atom stereocenters. The van der Waals surface area contributed by atoms with Gasteiger partial charge in [-0.3, -0.25) is 9.78 Å². The average molecular weight is 256 g/mol. The molecule has 2 heterocycles. The lowest BCUT2D eigenvalue weighted by molar-refractivity contribution is 0.0690. The Bertz CT molecular complexity index is 624. The molecule has 0 radical (unpaired) electrons. The zero-order chi connectivity index (χ0) is 11.7. The van der Waals surface area contributed by atoms with Crippen molar-refractivity contribution in [2.24, 2.45) is 0 Å². The summed E-state index contributed by atoms with van der Waals surface area (Å²) >= 11 is 0. The average Bonchev–Trinajstić information content (AvgIpc) is 2.29. The predicted octanol–water partition coefficient (Wildman–Crippen LogP) is 0.931. The molecule has 90 valence electrons. The number of fused-ring (bicyclic) bond motifs is 1. The highest BCUT2D eigenvalue weighted by molar-refractivity contribution is 6.00. The highest BCUT2D eigenvalue weighted by Gasteiger charge is 2.14. The van der Waals surface area contributed by atoms with E-state index in [0.29, 0.717) is 11.9 Å². The van der Waals surface area contributed by atoms with Crippen LogP contribution >= 0.6 is 12.4 Å². The van der Waals surface area contributed by atoms with Gasteiger partial charge in [-0.1, -0.05) is 0 Å². The third-order valence-corrected chi connectivity index (χ3v) is 2.26. The molecule has 0 saturated heterocycles. The van der Waals surface area contributed by atoms with E-state index in [1.165, 1.54) is 18.5 Å². The molecular weight excluding hydrogens is 246 g/mol. The predicted molar refractivity (Wildman–Crippen MR) is 63.7 cm³/mol. The highest BCUT2D eigenvalue weighted by Crippen LogP contribution is 2.11. The maximum atomic E-state index is 11.8. The molecule has 17 heavy (non-hydrogen) atoms. The lowest BCUT2D eigenvalue weighted by Crippen LogP contribution is -2.25. The molecular formula is C10H10ClN3O3. The maximum absolute atomic E-state index is 11.8. The number of pyridine rings is 1. The van der Waals surface area contributed by atoms with Crippen molar-refractivity contribution in [3.8, 4) is 0 Å². The summed E-state index contributed by atoms with van der Waals surface area (Å²) in [5.74, 6) is -1.17. The van der Waals surface area contributed by atoms with E-state index >= 15 is 0 Å². The number of halogens is 1. The van der Waals surface area contributed by atoms with Gasteiger partial charge >= 0.3 is 5.97 Å². The molecule has 0 unspecified atom stereocenters. The summed E-state index contributed by atoms with van der Waals surface area (Å²) in [5, 5.41) is 13.4. The molecule has 0 amide bonds. The van der Waals surface area contributed by atoms with E-state index in [0.717, 1.165) is 4.68 Å². The zero-order valence-electron chi connectivity index (χ0n) is 8.95. The Labute approximate surface area is 102 Å². The molecule has 2 rings (SSSR count). The number of aryl methyl sites for hydroxylation is 1. The number of aromatic carboxylic acids is 1. The smallest absolute Gasteiger partial charge is 0.357 e. The van der Waals surface area contributed by atoms with Crippen LogP contribution in [0.25, 0.3) is 10.8 Å². The van der Waals surface area contributed by atoms with Gasteiger partial charge in [-0.05, 0) is 13.0 Å². The van der Waals surface area contributed by atoms with E-state index in [4.69, 9.17) is 5.11 Å². The van der Waals surface area contributed by atoms with Crippen LogP contribution in [-0.4, -0.2) is 25.8 Å². The van der Waals surface area contributed by atoms with Gasteiger partial charge in [0.2, 0.25) is 0 Å². The van der Waals surface area contributed by atoms with Gasteiger partial charge < -0.3 is 5.11 Å². The molecule has 0 fully saturated rings. The van der Waals surface area contributed by atoms with E-state index in [9.17, 15) is 9.59 Å². The number of nitrogens with zero attached hydrogens (tertiary/aromatic N) is 3. The third kappa shape index (κ3) is 2.12. The van der Waals surface area contributed by atoms with Crippen molar-refractivity contribution in [2.45, 2.75) is 13.5 Å². The fourth-order valence-electron chi connectivity index (χ4n) is 1.50. The summed E-state index contributed by atoms with van der Waals surface area (Å²) in [6.07, 6.45) is 2.79. The van der Waals surface area contributed by atoms with E-state index in [1.807, 2.05) is 0 Å². The van der Waals surface area contributed by atoms with Crippen molar-refractivity contribution in [3.05, 3.63) is 34.5 Å². The molecule has 0 bridgehead atoms. The van der Waals surface area contributed by atoms with Crippen molar-refractivity contribution in [1.29, 1.82) is 0 Å². The molecule has 0 aliphatic carbocycles. The lowest BCUT2D eigenvalue weighted by atomic mass is 10.2. The van der Waals surface area contributed by atoms with E-state index in [2.05, 4.69) is 10.1 Å². The quantitative estimate of drug-likeness (QED) is 0.863. The Balaban J connectivity index is 0.00000144. The standard InChI is InChI=1S/C10H9N3O3.ClH/c1-2-13-9(14)6-3-4-11-5-7(6)8(12-13)10(15)16;/h3-5H,2H2,1H3,(H,15,16);1H. The summed E-state index contributed by atoms with van der Waals surface area (Å²) in [5.41, 5.74) is -0.450. The number of rotatable bonds is 2. The van der Waals surface area contributed by atoms with Crippen LogP contribution in [0.1, 0.15) is 17.4 Å². The van der Waals surface area contributed by atoms with Crippen LogP contribution in [0.3, 0.4) is 0 Å². The van der Waals surface area contributed by atoms with Gasteiger partial charge in [-0.25, -0.2) is 9.48 Å². The second-order valence-corrected chi connectivity index (χ2v) is 3.20. The maximum Gasteiger partial charge on any atom is 0.357 e. The van der Waals surface area contributed by atoms with Crippen molar-refractivity contribution in [2.75, 3.05) is 0 Å². The van der Waals surface area contributed by atoms with Gasteiger partial charge in [0.05, 0.1) is 5.39 Å². The van der Waals surface area contributed by atoms with Gasteiger partial charge in [0.25, 0.3) is 5.56 Å². The third-order valence-electron chi connectivity index (χ3n) is 2.26. The van der Waals surface area contributed by atoms with Crippen LogP contribution in [0.2, 0.25) is 0 Å². The van der Waals surface area contributed by atoms with Crippen LogP contribution in [-0.2, 0) is 6.54 Å². The minimum absolute atomic E-state index is 0. The minimum Gasteiger partial charge on any atom is -0.476 e. The number of carboxylic acids is 1. The number of hydrogen-bond acceptors (Lipinski definition) is 4. The number of hydrogen-bond donors (Lipinski definition) is 1. The van der Waals surface area contributed by atoms with E-state index in [1.54, 1.807) is 6.92 Å². The molecule has 1 N–H and O–H groups in total. The molecule has 2 aromatic rings. The van der Waals surface area contributed by atoms with Crippen molar-refractivity contribution < 1.29 is 9.90 Å². The van der Waals surface area contributed by atoms with Gasteiger partial charge in [0.1, 0.15) is 0 Å². The number of carbonyl (C=O) groups is 1. The Hall–Kier alpha value is -1.95. The Morgan fingerprint density at radius 3 is 2.76 bits per heavy atom. The summed E-state index contributed by atoms with van der Waals surface area (Å²) in [4.78, 5) is 26.6. The highest BCUT2D eigenvalue weighted by atomic mass is 35.5. The lowest BCUT2D eigenvalue weighted by Gasteiger charge is -2.05. The first-order valence-electron chi connectivity index (χ1n) is 4.73. The van der Waals surface area contributed by atoms with Crippen molar-refractivity contribution >= 4 is 29.1 Å². The van der Waals surface area contributed by atoms with E-state index < -0.39 is 5.97 Å². The fraction of sp³-hybridized carbons (Fsp3) is 0.200. The Morgan fingerprint density at radius 2 is 2.18 bits per heavy atom. The van der Waals surface area contributed by atoms with Crippen LogP contribution in [0.4, 0.5) is 0 Å². The summed E-state index contributed by atoms with van der Waals surface area (Å²) in [6.45, 7) is 2.06. The van der Waals surface area contributed by atoms with Gasteiger partial charge in [-0.15, -0.1) is 12.4 Å². The van der Waals surface area contributed by atoms with Crippen LogP contribution in [0.5, 0.6) is 0 Å². The monoisotopic (exact) mass is 255 g/mol. The second kappa shape index (κ2) is 4.92. The molecule has 0 spiro atoms. The molecule has 2 aromatic heterocycles. The molecule has 0 aromatic carbocycles. The molecule has 0 aliphatic rings. The topological polar surface area (TPSA) is 85.1 Å². The van der Waals surface area contributed by atoms with Gasteiger partial charge in [0, 0.05) is 24.3 Å². The SMILES string of the molecule is CCn1nc(C(=O)O)c2cnccc2c1=O.Cl. The van der Waals surface area contributed by atoms with Crippen LogP contribution < -0.4 is 5.56 Å². The van der Waals surface area contributed by atoms with Crippen LogP contribution in [0.15, 0.2) is 23.3 Å². The number of aromatic nitrogens is 3. The van der Waals surface area contributed by atoms with E-state index in [-0.39, 0.29) is 29.0 Å². The molecule has 7 heteroatoms. The first-order valence-corrected chi connectivity index (χ1v) is 4.73.